The van der Waals surface area contributed by atoms with E-state index < -0.39 is 0 Å². The highest BCUT2D eigenvalue weighted by Gasteiger charge is 2.21. The van der Waals surface area contributed by atoms with Crippen LogP contribution in [0.5, 0.6) is 5.75 Å². The Bertz CT molecular complexity index is 1120. The molecule has 0 aliphatic carbocycles. The number of nitrogens with one attached hydrogen (secondary N) is 2. The molecule has 7 nitrogen and oxygen atoms in total. The van der Waals surface area contributed by atoms with E-state index in [0.717, 1.165) is 27.9 Å². The molecule has 4 rings (SSSR count). The number of aromatic nitrogens is 2. The van der Waals surface area contributed by atoms with Crippen LogP contribution in [0.4, 0.5) is 0 Å². The van der Waals surface area contributed by atoms with Crippen LogP contribution in [0.15, 0.2) is 59.4 Å². The van der Waals surface area contributed by atoms with Crippen molar-refractivity contribution in [2.45, 2.75) is 13.5 Å². The van der Waals surface area contributed by atoms with Crippen LogP contribution in [0, 0.1) is 6.92 Å². The third-order valence-electron chi connectivity index (χ3n) is 4.38. The van der Waals surface area contributed by atoms with E-state index >= 15 is 0 Å². The van der Waals surface area contributed by atoms with E-state index in [9.17, 15) is 4.79 Å². The molecule has 2 aromatic heterocycles. The Morgan fingerprint density at radius 2 is 2.04 bits per heavy atom. The zero-order chi connectivity index (χ0) is 19.5. The second kappa shape index (κ2) is 7.48. The molecule has 3 aromatic rings. The molecule has 140 valence electrons. The van der Waals surface area contributed by atoms with Crippen molar-refractivity contribution in [2.75, 3.05) is 7.11 Å². The van der Waals surface area contributed by atoms with Crippen LogP contribution in [0.1, 0.15) is 16.8 Å². The summed E-state index contributed by atoms with van der Waals surface area (Å²) >= 11 is 0. The Hall–Kier alpha value is -3.74. The van der Waals surface area contributed by atoms with E-state index in [-0.39, 0.29) is 5.91 Å². The van der Waals surface area contributed by atoms with E-state index in [1.165, 1.54) is 0 Å². The highest BCUT2D eigenvalue weighted by molar-refractivity contribution is 6.15. The number of guanidine groups is 1. The van der Waals surface area contributed by atoms with Crippen molar-refractivity contribution in [2.24, 2.45) is 4.99 Å². The Labute approximate surface area is 162 Å². The van der Waals surface area contributed by atoms with Gasteiger partial charge in [-0.1, -0.05) is 12.1 Å². The van der Waals surface area contributed by atoms with Gasteiger partial charge in [0.25, 0.3) is 5.91 Å². The van der Waals surface area contributed by atoms with E-state index in [4.69, 9.17) is 4.74 Å². The summed E-state index contributed by atoms with van der Waals surface area (Å²) in [5.74, 6) is 1.02. The van der Waals surface area contributed by atoms with Crippen LogP contribution < -0.4 is 15.4 Å². The van der Waals surface area contributed by atoms with Gasteiger partial charge < -0.3 is 10.1 Å². The predicted molar refractivity (Wildman–Crippen MR) is 108 cm³/mol. The van der Waals surface area contributed by atoms with Crippen molar-refractivity contribution in [3.05, 3.63) is 71.2 Å². The first-order valence-corrected chi connectivity index (χ1v) is 8.82. The SMILES string of the molecule is COc1ccc(CN=C2NC(=O)C(=Cc3ccc4ncccc4n3)N2)cc1C. The zero-order valence-electron chi connectivity index (χ0n) is 15.6. The standard InChI is InChI=1S/C21H19N5O2/c1-13-10-14(5-8-19(13)28-2)12-23-21-25-18(20(27)26-21)11-15-6-7-16-17(24-15)4-3-9-22-16/h3-11H,12H2,1-2H3,(H2,23,25,26,27). The van der Waals surface area contributed by atoms with Gasteiger partial charge in [-0.15, -0.1) is 0 Å². The summed E-state index contributed by atoms with van der Waals surface area (Å²) in [4.78, 5) is 25.4. The predicted octanol–water partition coefficient (Wildman–Crippen LogP) is 2.56. The summed E-state index contributed by atoms with van der Waals surface area (Å²) in [6.45, 7) is 2.43. The van der Waals surface area contributed by atoms with Crippen molar-refractivity contribution >= 4 is 29.0 Å². The number of methoxy groups -OCH3 is 1. The number of fused-ring (bicyclic) bond motifs is 1. The maximum atomic E-state index is 12.2. The third kappa shape index (κ3) is 3.68. The Morgan fingerprint density at radius 1 is 1.14 bits per heavy atom. The average Bonchev–Trinajstić information content (AvgIpc) is 3.05. The molecule has 0 spiro atoms. The van der Waals surface area contributed by atoms with Crippen LogP contribution in [0.25, 0.3) is 17.1 Å². The number of hydrogen-bond acceptors (Lipinski definition) is 5. The minimum atomic E-state index is -0.238. The molecule has 1 aliphatic heterocycles. The monoisotopic (exact) mass is 373 g/mol. The number of pyridine rings is 2. The number of nitrogens with zero attached hydrogens (tertiary/aromatic N) is 3. The summed E-state index contributed by atoms with van der Waals surface area (Å²) in [6, 6.07) is 13.3. The summed E-state index contributed by atoms with van der Waals surface area (Å²) < 4.78 is 5.27. The van der Waals surface area contributed by atoms with Gasteiger partial charge in [-0.3, -0.25) is 15.1 Å². The highest BCUT2D eigenvalue weighted by Crippen LogP contribution is 2.19. The molecule has 7 heteroatoms. The fourth-order valence-corrected chi connectivity index (χ4v) is 2.98. The van der Waals surface area contributed by atoms with Crippen molar-refractivity contribution in [1.29, 1.82) is 0 Å². The molecule has 1 fully saturated rings. The van der Waals surface area contributed by atoms with Gasteiger partial charge in [0.15, 0.2) is 0 Å². The Morgan fingerprint density at radius 3 is 2.86 bits per heavy atom. The molecule has 0 saturated carbocycles. The van der Waals surface area contributed by atoms with Crippen LogP contribution >= 0.6 is 0 Å². The molecule has 0 atom stereocenters. The minimum absolute atomic E-state index is 0.238. The van der Waals surface area contributed by atoms with Crippen LogP contribution in [-0.2, 0) is 11.3 Å². The second-order valence-electron chi connectivity index (χ2n) is 6.38. The van der Waals surface area contributed by atoms with Crippen LogP contribution in [-0.4, -0.2) is 28.9 Å². The molecule has 2 N–H and O–H groups in total. The van der Waals surface area contributed by atoms with E-state index in [2.05, 4.69) is 25.6 Å². The van der Waals surface area contributed by atoms with Crippen molar-refractivity contribution in [3.8, 4) is 5.75 Å². The fourth-order valence-electron chi connectivity index (χ4n) is 2.98. The molecule has 1 aliphatic rings. The first kappa shape index (κ1) is 17.7. The smallest absolute Gasteiger partial charge is 0.274 e. The molecule has 1 aromatic carbocycles. The van der Waals surface area contributed by atoms with E-state index in [1.807, 2.05) is 49.4 Å². The number of benzene rings is 1. The van der Waals surface area contributed by atoms with Crippen LogP contribution in [0.2, 0.25) is 0 Å². The number of carbonyl (C=O) groups is 1. The molecule has 3 heterocycles. The summed E-state index contributed by atoms with van der Waals surface area (Å²) in [7, 11) is 1.65. The topological polar surface area (TPSA) is 88.5 Å². The van der Waals surface area contributed by atoms with Gasteiger partial charge in [-0.25, -0.2) is 9.98 Å². The van der Waals surface area contributed by atoms with Crippen molar-refractivity contribution in [1.82, 2.24) is 20.6 Å². The highest BCUT2D eigenvalue weighted by atomic mass is 16.5. The summed E-state index contributed by atoms with van der Waals surface area (Å²) in [6.07, 6.45) is 3.42. The molecular formula is C21H19N5O2. The number of ether oxygens (including phenoxy) is 1. The summed E-state index contributed by atoms with van der Waals surface area (Å²) in [5.41, 5.74) is 4.74. The first-order valence-electron chi connectivity index (χ1n) is 8.82. The van der Waals surface area contributed by atoms with E-state index in [0.29, 0.717) is 23.9 Å². The van der Waals surface area contributed by atoms with Gasteiger partial charge in [0, 0.05) is 6.20 Å². The van der Waals surface area contributed by atoms with Gasteiger partial charge in [0.1, 0.15) is 11.4 Å². The maximum absolute atomic E-state index is 12.2. The Balaban J connectivity index is 1.50. The quantitative estimate of drug-likeness (QED) is 0.686. The lowest BCUT2D eigenvalue weighted by molar-refractivity contribution is -0.115. The Kier molecular flexibility index (Phi) is 4.72. The van der Waals surface area contributed by atoms with Gasteiger partial charge in [0.05, 0.1) is 30.4 Å². The molecule has 1 saturated heterocycles. The second-order valence-corrected chi connectivity index (χ2v) is 6.38. The number of rotatable bonds is 4. The van der Waals surface area contributed by atoms with Crippen molar-refractivity contribution in [3.63, 3.8) is 0 Å². The molecule has 0 bridgehead atoms. The number of carbonyl (C=O) groups excluding carboxylic acids is 1. The average molecular weight is 373 g/mol. The van der Waals surface area contributed by atoms with E-state index in [1.54, 1.807) is 19.4 Å². The van der Waals surface area contributed by atoms with Gasteiger partial charge in [-0.2, -0.15) is 0 Å². The molecule has 1 amide bonds. The molecule has 28 heavy (non-hydrogen) atoms. The molecular weight excluding hydrogens is 354 g/mol. The van der Waals surface area contributed by atoms with Gasteiger partial charge in [0.2, 0.25) is 5.96 Å². The third-order valence-corrected chi connectivity index (χ3v) is 4.38. The molecule has 0 unspecified atom stereocenters. The largest absolute Gasteiger partial charge is 0.496 e. The number of hydrogen-bond donors (Lipinski definition) is 2. The lowest BCUT2D eigenvalue weighted by Gasteiger charge is -2.06. The lowest BCUT2D eigenvalue weighted by Crippen LogP contribution is -2.25. The fraction of sp³-hybridized carbons (Fsp3) is 0.143. The number of aryl methyl sites for hydroxylation is 1. The number of amides is 1. The normalized spacial score (nSPS) is 16.4. The minimum Gasteiger partial charge on any atom is -0.496 e. The van der Waals surface area contributed by atoms with Crippen LogP contribution in [0.3, 0.4) is 0 Å². The summed E-state index contributed by atoms with van der Waals surface area (Å²) in [5, 5.41) is 5.75. The number of aliphatic imine (C=N–C) groups is 1. The van der Waals surface area contributed by atoms with Crippen molar-refractivity contribution < 1.29 is 9.53 Å². The molecule has 0 radical (unpaired) electrons. The van der Waals surface area contributed by atoms with Gasteiger partial charge in [-0.05, 0) is 54.5 Å². The first-order chi connectivity index (χ1) is 13.6. The maximum Gasteiger partial charge on any atom is 0.274 e. The zero-order valence-corrected chi connectivity index (χ0v) is 15.6. The van der Waals surface area contributed by atoms with Gasteiger partial charge >= 0.3 is 0 Å². The lowest BCUT2D eigenvalue weighted by atomic mass is 10.1.